The first-order valence-electron chi connectivity index (χ1n) is 5.73. The summed E-state index contributed by atoms with van der Waals surface area (Å²) in [6.45, 7) is 2.82. The number of aryl methyl sites for hydroxylation is 1. The summed E-state index contributed by atoms with van der Waals surface area (Å²) >= 11 is 3.32. The second-order valence-electron chi connectivity index (χ2n) is 3.78. The Balaban J connectivity index is 2.46. The van der Waals surface area contributed by atoms with Gasteiger partial charge in [0.25, 0.3) is 0 Å². The van der Waals surface area contributed by atoms with E-state index in [4.69, 9.17) is 9.15 Å². The van der Waals surface area contributed by atoms with Crippen molar-refractivity contribution in [3.63, 3.8) is 0 Å². The van der Waals surface area contributed by atoms with Gasteiger partial charge in [0.2, 0.25) is 0 Å². The molecule has 5 nitrogen and oxygen atoms in total. The molecule has 0 radical (unpaired) electrons. The van der Waals surface area contributed by atoms with Gasteiger partial charge in [-0.1, -0.05) is 0 Å². The van der Waals surface area contributed by atoms with Crippen LogP contribution in [0.2, 0.25) is 0 Å². The van der Waals surface area contributed by atoms with Crippen LogP contribution in [0.1, 0.15) is 24.4 Å². The summed E-state index contributed by atoms with van der Waals surface area (Å²) in [5.41, 5.74) is 0.962. The van der Waals surface area contributed by atoms with Gasteiger partial charge in [0.15, 0.2) is 10.4 Å². The van der Waals surface area contributed by atoms with Crippen molar-refractivity contribution in [2.45, 2.75) is 19.5 Å². The van der Waals surface area contributed by atoms with Crippen LogP contribution in [0, 0.1) is 0 Å². The van der Waals surface area contributed by atoms with Crippen LogP contribution in [0.25, 0.3) is 0 Å². The van der Waals surface area contributed by atoms with Crippen LogP contribution in [-0.2, 0) is 6.54 Å². The second kappa shape index (κ2) is 5.58. The molecule has 98 valence electrons. The summed E-state index contributed by atoms with van der Waals surface area (Å²) in [6, 6.07) is 3.71. The van der Waals surface area contributed by atoms with Crippen molar-refractivity contribution in [2.75, 3.05) is 14.2 Å². The monoisotopic (exact) mass is 313 g/mol. The number of hydrogen-bond donors (Lipinski definition) is 1. The van der Waals surface area contributed by atoms with E-state index in [1.165, 1.54) is 0 Å². The zero-order valence-electron chi connectivity index (χ0n) is 10.6. The Labute approximate surface area is 114 Å². The first kappa shape index (κ1) is 13.2. The molecule has 0 fully saturated rings. The van der Waals surface area contributed by atoms with E-state index in [9.17, 15) is 0 Å². The van der Waals surface area contributed by atoms with Gasteiger partial charge in [0.1, 0.15) is 17.5 Å². The molecule has 0 saturated carbocycles. The zero-order valence-corrected chi connectivity index (χ0v) is 12.2. The molecule has 0 amide bonds. The lowest BCUT2D eigenvalue weighted by atomic mass is 10.1. The predicted molar refractivity (Wildman–Crippen MR) is 71.8 cm³/mol. The maximum absolute atomic E-state index is 5.62. The third-order valence-electron chi connectivity index (χ3n) is 2.80. The fourth-order valence-electron chi connectivity index (χ4n) is 1.98. The fraction of sp³-hybridized carbons (Fsp3) is 0.417. The molecule has 2 heterocycles. The van der Waals surface area contributed by atoms with E-state index in [1.807, 2.05) is 30.8 Å². The van der Waals surface area contributed by atoms with Crippen molar-refractivity contribution in [1.82, 2.24) is 15.1 Å². The molecule has 2 rings (SSSR count). The SMILES string of the molecule is CCn1ncc(OC)c1C(NC)c1ccc(Br)o1. The van der Waals surface area contributed by atoms with Crippen LogP contribution in [0.3, 0.4) is 0 Å². The van der Waals surface area contributed by atoms with E-state index in [-0.39, 0.29) is 6.04 Å². The summed E-state index contributed by atoms with van der Waals surface area (Å²) in [5.74, 6) is 1.57. The van der Waals surface area contributed by atoms with Gasteiger partial charge in [-0.15, -0.1) is 0 Å². The van der Waals surface area contributed by atoms with Gasteiger partial charge in [-0.2, -0.15) is 5.10 Å². The van der Waals surface area contributed by atoms with Crippen molar-refractivity contribution in [1.29, 1.82) is 0 Å². The normalized spacial score (nSPS) is 12.7. The topological polar surface area (TPSA) is 52.2 Å². The van der Waals surface area contributed by atoms with Crippen molar-refractivity contribution < 1.29 is 9.15 Å². The maximum atomic E-state index is 5.62. The summed E-state index contributed by atoms with van der Waals surface area (Å²) in [7, 11) is 3.53. The average molecular weight is 314 g/mol. The Bertz CT molecular complexity index is 500. The Morgan fingerprint density at radius 3 is 2.83 bits per heavy atom. The molecule has 0 aliphatic rings. The molecule has 2 aromatic rings. The summed E-state index contributed by atoms with van der Waals surface area (Å²) in [6.07, 6.45) is 1.72. The number of methoxy groups -OCH3 is 1. The number of ether oxygens (including phenoxy) is 1. The second-order valence-corrected chi connectivity index (χ2v) is 4.56. The highest BCUT2D eigenvalue weighted by molar-refractivity contribution is 9.10. The lowest BCUT2D eigenvalue weighted by Crippen LogP contribution is -2.21. The van der Waals surface area contributed by atoms with Gasteiger partial charge >= 0.3 is 0 Å². The van der Waals surface area contributed by atoms with Crippen LogP contribution < -0.4 is 10.1 Å². The van der Waals surface area contributed by atoms with Crippen molar-refractivity contribution in [2.24, 2.45) is 0 Å². The minimum atomic E-state index is -0.0892. The summed E-state index contributed by atoms with van der Waals surface area (Å²) < 4.78 is 13.6. The van der Waals surface area contributed by atoms with Crippen molar-refractivity contribution in [3.8, 4) is 5.75 Å². The minimum Gasteiger partial charge on any atom is -0.493 e. The lowest BCUT2D eigenvalue weighted by Gasteiger charge is -2.16. The minimum absolute atomic E-state index is 0.0892. The largest absolute Gasteiger partial charge is 0.493 e. The summed E-state index contributed by atoms with van der Waals surface area (Å²) in [5, 5.41) is 7.53. The first-order valence-corrected chi connectivity index (χ1v) is 6.52. The van der Waals surface area contributed by atoms with E-state index >= 15 is 0 Å². The Hall–Kier alpha value is -1.27. The smallest absolute Gasteiger partial charge is 0.169 e. The van der Waals surface area contributed by atoms with Gasteiger partial charge in [-0.25, -0.2) is 0 Å². The van der Waals surface area contributed by atoms with Gasteiger partial charge in [0, 0.05) is 6.54 Å². The maximum Gasteiger partial charge on any atom is 0.169 e. The molecule has 1 N–H and O–H groups in total. The highest BCUT2D eigenvalue weighted by Crippen LogP contribution is 2.31. The number of halogens is 1. The Morgan fingerprint density at radius 2 is 2.33 bits per heavy atom. The van der Waals surface area contributed by atoms with E-state index in [2.05, 4.69) is 26.3 Å². The van der Waals surface area contributed by atoms with Gasteiger partial charge in [0.05, 0.1) is 13.3 Å². The molecule has 0 saturated heterocycles. The van der Waals surface area contributed by atoms with Crippen LogP contribution in [-0.4, -0.2) is 23.9 Å². The van der Waals surface area contributed by atoms with Crippen molar-refractivity contribution >= 4 is 15.9 Å². The van der Waals surface area contributed by atoms with Gasteiger partial charge in [-0.3, -0.25) is 4.68 Å². The third-order valence-corrected chi connectivity index (χ3v) is 3.23. The summed E-state index contributed by atoms with van der Waals surface area (Å²) in [4.78, 5) is 0. The fourth-order valence-corrected chi connectivity index (χ4v) is 2.29. The molecule has 0 aromatic carbocycles. The lowest BCUT2D eigenvalue weighted by molar-refractivity contribution is 0.386. The molecule has 1 atom stereocenters. The first-order chi connectivity index (χ1) is 8.71. The number of aromatic nitrogens is 2. The molecule has 18 heavy (non-hydrogen) atoms. The van der Waals surface area contributed by atoms with E-state index in [0.29, 0.717) is 4.67 Å². The predicted octanol–water partition coefficient (Wildman–Crippen LogP) is 2.58. The number of nitrogens with zero attached hydrogens (tertiary/aromatic N) is 2. The average Bonchev–Trinajstić information content (AvgIpc) is 2.97. The quantitative estimate of drug-likeness (QED) is 0.921. The van der Waals surface area contributed by atoms with Gasteiger partial charge in [-0.05, 0) is 42.0 Å². The molecule has 6 heteroatoms. The molecule has 0 aliphatic heterocycles. The Kier molecular flexibility index (Phi) is 4.08. The van der Waals surface area contributed by atoms with E-state index in [0.717, 1.165) is 23.7 Å². The zero-order chi connectivity index (χ0) is 13.1. The number of nitrogens with one attached hydrogen (secondary N) is 1. The number of furan rings is 1. The standard InChI is InChI=1S/C12H16BrN3O2/c1-4-16-12(9(17-3)7-15-16)11(14-2)8-5-6-10(13)18-8/h5-7,11,14H,4H2,1-3H3. The molecule has 0 spiro atoms. The van der Waals surface area contributed by atoms with Crippen molar-refractivity contribution in [3.05, 3.63) is 34.5 Å². The van der Waals surface area contributed by atoms with Crippen LogP contribution in [0.5, 0.6) is 5.75 Å². The Morgan fingerprint density at radius 1 is 1.56 bits per heavy atom. The van der Waals surface area contributed by atoms with Gasteiger partial charge < -0.3 is 14.5 Å². The molecule has 0 aliphatic carbocycles. The highest BCUT2D eigenvalue weighted by Gasteiger charge is 2.24. The van der Waals surface area contributed by atoms with Crippen LogP contribution in [0.15, 0.2) is 27.4 Å². The number of rotatable bonds is 5. The molecular weight excluding hydrogens is 298 g/mol. The van der Waals surface area contributed by atoms with E-state index < -0.39 is 0 Å². The molecule has 2 aromatic heterocycles. The molecule has 0 bridgehead atoms. The van der Waals surface area contributed by atoms with Crippen LogP contribution in [0.4, 0.5) is 0 Å². The number of hydrogen-bond acceptors (Lipinski definition) is 4. The molecular formula is C12H16BrN3O2. The third kappa shape index (κ3) is 2.30. The van der Waals surface area contributed by atoms with Crippen LogP contribution >= 0.6 is 15.9 Å². The highest BCUT2D eigenvalue weighted by atomic mass is 79.9. The molecule has 1 unspecified atom stereocenters. The van der Waals surface area contributed by atoms with E-state index in [1.54, 1.807) is 13.3 Å².